The summed E-state index contributed by atoms with van der Waals surface area (Å²) in [6, 6.07) is 19.0. The first-order valence-corrected chi connectivity index (χ1v) is 48.6. The fourth-order valence-electron chi connectivity index (χ4n) is 15.9. The molecule has 15 rings (SSSR count). The molecule has 0 aliphatic heterocycles. The third-order valence-corrected chi connectivity index (χ3v) is 26.2. The molecule has 3 aliphatic rings. The molecule has 0 unspecified atom stereocenters. The molecule has 144 heavy (non-hydrogen) atoms. The third-order valence-electron chi connectivity index (χ3n) is 23.7. The van der Waals surface area contributed by atoms with Gasteiger partial charge in [-0.25, -0.2) is 13.2 Å². The van der Waals surface area contributed by atoms with Crippen LogP contribution in [0.2, 0.25) is 0 Å². The molecule has 0 radical (unpaired) electrons. The minimum Gasteiger partial charge on any atom is -0.336 e. The molecule has 18 nitrogen and oxygen atoms in total. The van der Waals surface area contributed by atoms with Gasteiger partial charge < -0.3 is 43.1 Å². The first kappa shape index (κ1) is 77.6. The lowest BCUT2D eigenvalue weighted by Gasteiger charge is -2.28. The van der Waals surface area contributed by atoms with Gasteiger partial charge in [-0.3, -0.25) is 28.8 Å². The highest BCUT2D eigenvalue weighted by Crippen LogP contribution is 2.39. The van der Waals surface area contributed by atoms with Crippen LogP contribution in [0, 0.1) is 38.2 Å². The first-order chi connectivity index (χ1) is 79.4. The number of amides is 3. The molecule has 12 aromatic rings. The van der Waals surface area contributed by atoms with Gasteiger partial charge in [-0.15, -0.1) is 0 Å². The minimum atomic E-state index is -4.69. The van der Waals surface area contributed by atoms with E-state index >= 15 is 0 Å². The van der Waals surface area contributed by atoms with Crippen molar-refractivity contribution in [2.45, 2.75) is 210 Å². The molecule has 9 aromatic carbocycles. The Bertz CT molecular complexity index is 8050. The number of hydrogen-bond acceptors (Lipinski definition) is 15. The van der Waals surface area contributed by atoms with Crippen LogP contribution in [0.3, 0.4) is 0 Å². The summed E-state index contributed by atoms with van der Waals surface area (Å²) in [6.07, 6.45) is -10.7. The molecular weight excluding hydrogens is 1920 g/mol. The number of carbonyl (C=O) groups excluding carboxylic acids is 3. The van der Waals surface area contributed by atoms with Crippen LogP contribution in [0.15, 0.2) is 230 Å². The van der Waals surface area contributed by atoms with E-state index in [9.17, 15) is 92.4 Å². The van der Waals surface area contributed by atoms with Crippen LogP contribution >= 0.6 is 35.3 Å². The molecule has 33 heteroatoms. The third kappa shape index (κ3) is 29.1. The Labute approximate surface area is 882 Å². The fraction of sp³-hybridized carbons (Fsp3) is 0.378. The van der Waals surface area contributed by atoms with Gasteiger partial charge in [0.1, 0.15) is 37.1 Å². The van der Waals surface area contributed by atoms with Crippen molar-refractivity contribution in [3.63, 3.8) is 0 Å². The number of benzene rings is 9. The van der Waals surface area contributed by atoms with Crippen molar-refractivity contribution >= 4 is 53.0 Å². The highest BCUT2D eigenvalue weighted by atomic mass is 32.2. The maximum absolute atomic E-state index is 14.9. The van der Waals surface area contributed by atoms with Crippen LogP contribution in [0.4, 0.5) is 52.7 Å². The zero-order valence-electron chi connectivity index (χ0n) is 107. The molecule has 3 heterocycles. The summed E-state index contributed by atoms with van der Waals surface area (Å²) < 4.78 is 408. The summed E-state index contributed by atoms with van der Waals surface area (Å²) in [7, 11) is 0. The number of halogens is 12. The van der Waals surface area contributed by atoms with Crippen LogP contribution < -0.4 is 16.7 Å². The highest BCUT2D eigenvalue weighted by Gasteiger charge is 2.35. The summed E-state index contributed by atoms with van der Waals surface area (Å²) in [4.78, 5) is 101. The quantitative estimate of drug-likeness (QED) is 0.0202. The van der Waals surface area contributed by atoms with Gasteiger partial charge >= 0.3 is 18.5 Å². The van der Waals surface area contributed by atoms with E-state index in [-0.39, 0.29) is 168 Å². The summed E-state index contributed by atoms with van der Waals surface area (Å²) in [5.74, 6) is -5.23. The molecule has 0 bridgehead atoms. The Balaban J connectivity index is 0.000000210. The Morgan fingerprint density at radius 1 is 0.354 bits per heavy atom. The number of rotatable bonds is 39. The Morgan fingerprint density at radius 2 is 0.639 bits per heavy atom. The zero-order chi connectivity index (χ0) is 127. The van der Waals surface area contributed by atoms with E-state index in [0.29, 0.717) is 109 Å². The molecule has 0 N–H and O–H groups in total. The topological polar surface area (TPSA) is 175 Å². The monoisotopic (exact) mass is 2070 g/mol. The SMILES string of the molecule is [2H]c1c([2H])c(-c2ccc(C(F)(F)F)cc2)c(C)c([2H])c1CN(C(=O)Cn1c(SC([2H])([2H])c2ccc(F)cc2)nc(=O)c2c1CCC2)C([2H])([2H])C([2H])([2H])N(CC)CC.[2H]c1c([2H])c(C([2H])([2H])N(C(=O)Cn2c(SC([2H])([2H])c3ccc(F)cc3)nc(=O)c3c2CCC3)C([2H])([2H])C([2H])([2H])N(CC)CC)c([2H])c(C)c1-c1ccc(C(F)(F)F)cc1.[2H]c1c([2H])c(C([2H])([2H])N(CCN(CC)CC)C(=O)Cn2c(SC([2H])([2H])c3ccc(F)cc3)nc(=O)c3c2CCC3)c([2H])c(C)c1-c1ccc(C(F)(F)F)cc1. The zero-order valence-corrected chi connectivity index (χ0v) is 82.2. The standard InChI is InChI=1S/3C37H40F4N4O2S/c3*1-4-43(5-2)19-20-44(22-27-11-18-31(25(3)21-27)28-12-14-29(15-13-28)37(39,40)41)34(46)23-45-33-8-6-7-32(33)35(47)42-36(45)48-24-26-9-16-30(38)17-10-26/h3*9-18,21H,4-8,19-20,22-24H2,1-3H3/i11D,18D,19D2,20D2,21D,22D2,24D2;11D,18D,19D2,20D2,21D,24D2;11D,18D,21D,22D2,24D2. The van der Waals surface area contributed by atoms with Gasteiger partial charge in [0.2, 0.25) is 17.7 Å². The van der Waals surface area contributed by atoms with Crippen molar-refractivity contribution in [2.75, 3.05) is 78.3 Å². The highest BCUT2D eigenvalue weighted by molar-refractivity contribution is 7.98. The van der Waals surface area contributed by atoms with Gasteiger partial charge in [0.25, 0.3) is 16.7 Å². The lowest BCUT2D eigenvalue weighted by Crippen LogP contribution is -2.40. The molecular formula is C111H120F12N12O6S3. The summed E-state index contributed by atoms with van der Waals surface area (Å²) in [5, 5.41) is -0.771. The van der Waals surface area contributed by atoms with Crippen molar-refractivity contribution < 1.29 is 104 Å². The van der Waals surface area contributed by atoms with Crippen molar-refractivity contribution in [3.05, 3.63) is 349 Å². The predicted octanol–water partition coefficient (Wildman–Crippen LogP) is 22.6. The van der Waals surface area contributed by atoms with E-state index in [1.54, 1.807) is 13.8 Å². The molecule has 0 atom stereocenters. The van der Waals surface area contributed by atoms with E-state index in [0.717, 1.165) is 128 Å². The van der Waals surface area contributed by atoms with Crippen LogP contribution in [0.1, 0.15) is 198 Å². The lowest BCUT2D eigenvalue weighted by molar-refractivity contribution is -0.138. The number of fused-ring (bicyclic) bond motifs is 3. The van der Waals surface area contributed by atoms with Gasteiger partial charge in [-0.05, 0) is 274 Å². The number of aromatic nitrogens is 6. The van der Waals surface area contributed by atoms with Gasteiger partial charge in [-0.1, -0.05) is 204 Å². The molecule has 0 fully saturated rings. The molecule has 0 saturated heterocycles. The van der Waals surface area contributed by atoms with Gasteiger partial charge in [0.15, 0.2) is 15.5 Å². The number of hydrogen-bond donors (Lipinski definition) is 0. The van der Waals surface area contributed by atoms with Crippen LogP contribution in [-0.4, -0.2) is 154 Å². The summed E-state index contributed by atoms with van der Waals surface area (Å²) >= 11 is 1.40. The second-order valence-electron chi connectivity index (χ2n) is 33.2. The summed E-state index contributed by atoms with van der Waals surface area (Å²) in [6.45, 7) is -7.72. The molecule has 0 spiro atoms. The second kappa shape index (κ2) is 50.3. The van der Waals surface area contributed by atoms with Crippen molar-refractivity contribution in [1.82, 2.24) is 58.1 Å². The number of alkyl halides is 9. The second-order valence-corrected chi connectivity index (χ2v) is 35.5. The molecule has 762 valence electrons. The Hall–Kier alpha value is -11.9. The van der Waals surface area contributed by atoms with E-state index in [2.05, 4.69) is 15.0 Å². The summed E-state index contributed by atoms with van der Waals surface area (Å²) in [5.41, 5.74) is -11.9. The Morgan fingerprint density at radius 3 is 0.951 bits per heavy atom. The normalized spacial score (nSPS) is 16.5. The number of carbonyl (C=O) groups is 3. The predicted molar refractivity (Wildman–Crippen MR) is 544 cm³/mol. The molecule has 3 aromatic heterocycles. The first-order valence-electron chi connectivity index (χ1n) is 59.7. The van der Waals surface area contributed by atoms with Crippen molar-refractivity contribution in [2.24, 2.45) is 0 Å². The van der Waals surface area contributed by atoms with Crippen molar-refractivity contribution in [1.29, 1.82) is 0 Å². The molecule has 3 aliphatic carbocycles. The van der Waals surface area contributed by atoms with Gasteiger partial charge in [-0.2, -0.15) is 54.5 Å². The van der Waals surface area contributed by atoms with E-state index in [1.807, 2.05) is 18.7 Å². The molecule has 0 saturated carbocycles. The van der Waals surface area contributed by atoms with Gasteiger partial charge in [0.05, 0.1) is 40.0 Å². The number of likely N-dealkylation sites (N-methyl/N-ethyl adjacent to an activating group) is 3. The smallest absolute Gasteiger partial charge is 0.336 e. The number of thioether (sulfide) groups is 3. The average Bonchev–Trinajstić information content (AvgIpc) is 0.890. The number of nitrogens with zero attached hydrogens (tertiary/aromatic N) is 12. The largest absolute Gasteiger partial charge is 0.416 e. The Kier molecular flexibility index (Phi) is 27.1. The van der Waals surface area contributed by atoms with E-state index < -0.39 is 235 Å². The average molecular weight is 2070 g/mol. The molecule has 3 amide bonds. The fourth-order valence-corrected chi connectivity index (χ4v) is 18.1. The van der Waals surface area contributed by atoms with E-state index in [1.165, 1.54) is 80.2 Å². The lowest BCUT2D eigenvalue weighted by atomic mass is 9.97. The van der Waals surface area contributed by atoms with Crippen LogP contribution in [-0.2, 0) is 128 Å². The minimum absolute atomic E-state index is 0.0131. The van der Waals surface area contributed by atoms with Gasteiger partial charge in [0, 0.05) is 123 Å². The van der Waals surface area contributed by atoms with Crippen molar-refractivity contribution in [3.8, 4) is 33.4 Å². The maximum Gasteiger partial charge on any atom is 0.416 e. The van der Waals surface area contributed by atoms with Crippen LogP contribution in [0.25, 0.3) is 33.4 Å². The van der Waals surface area contributed by atoms with Crippen LogP contribution in [0.5, 0.6) is 0 Å². The van der Waals surface area contributed by atoms with E-state index in [4.69, 9.17) is 26.0 Å². The maximum atomic E-state index is 14.9.